The highest BCUT2D eigenvalue weighted by Crippen LogP contribution is 2.30. The lowest BCUT2D eigenvalue weighted by Gasteiger charge is -2.33. The third-order valence-corrected chi connectivity index (χ3v) is 7.49. The van der Waals surface area contributed by atoms with E-state index in [4.69, 9.17) is 0 Å². The Kier molecular flexibility index (Phi) is 7.98. The zero-order chi connectivity index (χ0) is 25.0. The largest absolute Gasteiger partial charge is 0.573 e. The first-order valence-corrected chi connectivity index (χ1v) is 12.4. The second-order valence-corrected chi connectivity index (χ2v) is 9.96. The summed E-state index contributed by atoms with van der Waals surface area (Å²) >= 11 is 1.60. The molecule has 11 heteroatoms. The summed E-state index contributed by atoms with van der Waals surface area (Å²) in [5.74, 6) is -0.384. The molecule has 2 N–H and O–H groups in total. The molecular weight excluding hydrogens is 481 g/mol. The maximum absolute atomic E-state index is 13.0. The summed E-state index contributed by atoms with van der Waals surface area (Å²) in [6.07, 6.45) is -3.01. The van der Waals surface area contributed by atoms with Crippen LogP contribution >= 0.6 is 11.3 Å². The first kappa shape index (κ1) is 25.5. The van der Waals surface area contributed by atoms with Gasteiger partial charge < -0.3 is 15.4 Å². The number of nitrogens with zero attached hydrogens (tertiary/aromatic N) is 2. The Morgan fingerprint density at radius 3 is 2.86 bits per heavy atom. The van der Waals surface area contributed by atoms with Crippen LogP contribution in [0.25, 0.3) is 0 Å². The lowest BCUT2D eigenvalue weighted by Crippen LogP contribution is -2.49. The zero-order valence-corrected chi connectivity index (χ0v) is 20.2. The van der Waals surface area contributed by atoms with Gasteiger partial charge in [-0.05, 0) is 49.0 Å². The van der Waals surface area contributed by atoms with Gasteiger partial charge in [0.1, 0.15) is 11.8 Å². The number of fused-ring (bicyclic) bond motifs is 1. The van der Waals surface area contributed by atoms with Gasteiger partial charge in [0.2, 0.25) is 11.8 Å². The van der Waals surface area contributed by atoms with Gasteiger partial charge in [-0.3, -0.25) is 19.4 Å². The van der Waals surface area contributed by atoms with Crippen molar-refractivity contribution in [3.05, 3.63) is 52.2 Å². The average Bonchev–Trinajstić information content (AvgIpc) is 3.44. The van der Waals surface area contributed by atoms with E-state index in [1.807, 2.05) is 29.5 Å². The van der Waals surface area contributed by atoms with Gasteiger partial charge >= 0.3 is 6.36 Å². The Hall–Kier alpha value is -2.63. The first-order valence-electron chi connectivity index (χ1n) is 11.6. The van der Waals surface area contributed by atoms with Gasteiger partial charge in [-0.1, -0.05) is 18.2 Å². The Labute approximate surface area is 206 Å². The Balaban J connectivity index is 1.34. The highest BCUT2D eigenvalue weighted by atomic mass is 32.1. The number of carbonyl (C=O) groups excluding carboxylic acids is 2. The number of halogens is 3. The van der Waals surface area contributed by atoms with Crippen LogP contribution in [0.3, 0.4) is 0 Å². The zero-order valence-electron chi connectivity index (χ0n) is 19.4. The van der Waals surface area contributed by atoms with Gasteiger partial charge in [0, 0.05) is 43.0 Å². The van der Waals surface area contributed by atoms with E-state index in [2.05, 4.69) is 20.3 Å². The fourth-order valence-electron chi connectivity index (χ4n) is 4.89. The number of likely N-dealkylation sites (tertiary alicyclic amines) is 1. The smallest absolute Gasteiger partial charge is 0.406 e. The highest BCUT2D eigenvalue weighted by molar-refractivity contribution is 7.09. The minimum Gasteiger partial charge on any atom is -0.406 e. The number of amides is 2. The van der Waals surface area contributed by atoms with Crippen molar-refractivity contribution in [2.45, 2.75) is 56.8 Å². The summed E-state index contributed by atoms with van der Waals surface area (Å²) in [5.41, 5.74) is 0.645. The van der Waals surface area contributed by atoms with Crippen LogP contribution < -0.4 is 15.4 Å². The van der Waals surface area contributed by atoms with E-state index in [1.54, 1.807) is 17.4 Å². The number of hydrogen-bond donors (Lipinski definition) is 2. The minimum atomic E-state index is -4.75. The molecule has 2 amide bonds. The summed E-state index contributed by atoms with van der Waals surface area (Å²) in [6.45, 7) is 1.95. The van der Waals surface area contributed by atoms with Gasteiger partial charge in [0.05, 0.1) is 6.54 Å². The summed E-state index contributed by atoms with van der Waals surface area (Å²) in [6, 6.07) is 9.36. The van der Waals surface area contributed by atoms with E-state index in [0.717, 1.165) is 11.3 Å². The molecule has 0 radical (unpaired) electrons. The number of benzene rings is 1. The van der Waals surface area contributed by atoms with Crippen molar-refractivity contribution in [3.63, 3.8) is 0 Å². The van der Waals surface area contributed by atoms with Gasteiger partial charge in [0.15, 0.2) is 0 Å². The van der Waals surface area contributed by atoms with Gasteiger partial charge in [0.25, 0.3) is 0 Å². The van der Waals surface area contributed by atoms with Crippen molar-refractivity contribution in [1.82, 2.24) is 20.4 Å². The maximum atomic E-state index is 13.0. The van der Waals surface area contributed by atoms with E-state index in [9.17, 15) is 22.8 Å². The van der Waals surface area contributed by atoms with Crippen LogP contribution in [0.15, 0.2) is 41.8 Å². The molecule has 190 valence electrons. The van der Waals surface area contributed by atoms with Crippen LogP contribution in [0.1, 0.15) is 29.7 Å². The molecule has 2 saturated heterocycles. The fourth-order valence-corrected chi connectivity index (χ4v) is 5.53. The van der Waals surface area contributed by atoms with Crippen LogP contribution in [-0.4, -0.2) is 66.2 Å². The van der Waals surface area contributed by atoms with Gasteiger partial charge in [-0.15, -0.1) is 24.5 Å². The maximum Gasteiger partial charge on any atom is 0.573 e. The van der Waals surface area contributed by atoms with Crippen molar-refractivity contribution in [3.8, 4) is 5.75 Å². The fraction of sp³-hybridized carbons (Fsp3) is 0.500. The normalized spacial score (nSPS) is 23.4. The Bertz CT molecular complexity index is 1020. The molecule has 2 aliphatic rings. The van der Waals surface area contributed by atoms with E-state index in [0.29, 0.717) is 44.6 Å². The van der Waals surface area contributed by atoms with Gasteiger partial charge in [-0.2, -0.15) is 0 Å². The van der Waals surface area contributed by atoms with Gasteiger partial charge in [-0.25, -0.2) is 0 Å². The molecule has 0 spiro atoms. The topological polar surface area (TPSA) is 73.9 Å². The molecule has 3 atom stereocenters. The Morgan fingerprint density at radius 2 is 2.11 bits per heavy atom. The van der Waals surface area contributed by atoms with Crippen LogP contribution in [0, 0.1) is 0 Å². The molecule has 0 bridgehead atoms. The monoisotopic (exact) mass is 510 g/mol. The number of hydrogen-bond acceptors (Lipinski definition) is 6. The summed E-state index contributed by atoms with van der Waals surface area (Å²) in [7, 11) is 1.98. The quantitative estimate of drug-likeness (QED) is 0.571. The number of thiophene rings is 1. The number of carbonyl (C=O) groups is 2. The summed E-state index contributed by atoms with van der Waals surface area (Å²) in [4.78, 5) is 30.6. The molecule has 0 aliphatic carbocycles. The highest BCUT2D eigenvalue weighted by Gasteiger charge is 2.45. The third-order valence-electron chi connectivity index (χ3n) is 6.61. The summed E-state index contributed by atoms with van der Waals surface area (Å²) < 4.78 is 41.8. The molecule has 3 heterocycles. The lowest BCUT2D eigenvalue weighted by molar-refractivity contribution is -0.274. The van der Waals surface area contributed by atoms with E-state index in [-0.39, 0.29) is 29.6 Å². The van der Waals surface area contributed by atoms with E-state index in [1.165, 1.54) is 18.2 Å². The molecule has 7 nitrogen and oxygen atoms in total. The molecule has 2 fully saturated rings. The number of rotatable bonds is 8. The van der Waals surface area contributed by atoms with Crippen LogP contribution in [0.5, 0.6) is 5.75 Å². The molecule has 1 aromatic heterocycles. The van der Waals surface area contributed by atoms with Crippen molar-refractivity contribution >= 4 is 23.2 Å². The summed E-state index contributed by atoms with van der Waals surface area (Å²) in [5, 5.41) is 7.92. The SMILES string of the molecule is CN1[C@@H](CCC(=O)NCc2cccs2)CNC(=O)[C@@H]2[C@H]1CCN2Cc1cccc(OC(F)(F)F)c1. The molecule has 2 aromatic rings. The van der Waals surface area contributed by atoms with Crippen LogP contribution in [-0.2, 0) is 22.7 Å². The standard InChI is InChI=1S/C24H29F3N4O3S/c1-30-17(7-8-21(32)28-14-19-6-3-11-35-19)13-29-23(33)22-20(30)9-10-31(22)15-16-4-2-5-18(12-16)34-24(25,26)27/h2-6,11-12,17,20,22H,7-10,13-15H2,1H3,(H,28,32)(H,29,33)/t17-,20+,22-/m0/s1. The molecular formula is C24H29F3N4O3S. The van der Waals surface area contributed by atoms with Crippen molar-refractivity contribution in [2.24, 2.45) is 0 Å². The van der Waals surface area contributed by atoms with Crippen LogP contribution in [0.2, 0.25) is 0 Å². The lowest BCUT2D eigenvalue weighted by atomic mass is 10.0. The minimum absolute atomic E-state index is 0.0184. The molecule has 1 aromatic carbocycles. The van der Waals surface area contributed by atoms with E-state index < -0.39 is 12.4 Å². The second-order valence-electron chi connectivity index (χ2n) is 8.93. The predicted octanol–water partition coefficient (Wildman–Crippen LogP) is 3.12. The third kappa shape index (κ3) is 6.74. The number of alkyl halides is 3. The Morgan fingerprint density at radius 1 is 1.29 bits per heavy atom. The molecule has 2 aliphatic heterocycles. The number of nitrogens with one attached hydrogen (secondary N) is 2. The molecule has 4 rings (SSSR count). The first-order chi connectivity index (χ1) is 16.7. The average molecular weight is 511 g/mol. The van der Waals surface area contributed by atoms with Crippen molar-refractivity contribution in [1.29, 1.82) is 0 Å². The molecule has 0 unspecified atom stereocenters. The predicted molar refractivity (Wildman–Crippen MR) is 126 cm³/mol. The number of likely N-dealkylation sites (N-methyl/N-ethyl adjacent to an activating group) is 1. The molecule has 0 saturated carbocycles. The van der Waals surface area contributed by atoms with Crippen LogP contribution in [0.4, 0.5) is 13.2 Å². The van der Waals surface area contributed by atoms with Crippen molar-refractivity contribution in [2.75, 3.05) is 20.1 Å². The van der Waals surface area contributed by atoms with E-state index >= 15 is 0 Å². The van der Waals surface area contributed by atoms with Crippen molar-refractivity contribution < 1.29 is 27.5 Å². The second kappa shape index (κ2) is 11.0. The number of ether oxygens (including phenoxy) is 1. The molecule has 35 heavy (non-hydrogen) atoms.